The predicted octanol–water partition coefficient (Wildman–Crippen LogP) is 7.55. The summed E-state index contributed by atoms with van der Waals surface area (Å²) in [6.45, 7) is 16.4. The monoisotopic (exact) mass is 346 g/mol. The van der Waals surface area contributed by atoms with Crippen LogP contribution >= 0.6 is 0 Å². The van der Waals surface area contributed by atoms with E-state index >= 15 is 0 Å². The molecular formula is C26H34. The summed E-state index contributed by atoms with van der Waals surface area (Å²) in [6, 6.07) is 16.1. The summed E-state index contributed by atoms with van der Waals surface area (Å²) in [5, 5.41) is 0. The highest BCUT2D eigenvalue weighted by molar-refractivity contribution is 5.83. The molecule has 0 amide bonds. The second kappa shape index (κ2) is 6.72. The second-order valence-electron chi connectivity index (χ2n) is 9.25. The molecule has 2 aromatic rings. The molecule has 0 N–H and O–H groups in total. The summed E-state index contributed by atoms with van der Waals surface area (Å²) in [5.41, 5.74) is 8.91. The first kappa shape index (κ1) is 19.0. The van der Waals surface area contributed by atoms with Crippen molar-refractivity contribution < 1.29 is 0 Å². The van der Waals surface area contributed by atoms with Crippen molar-refractivity contribution in [2.75, 3.05) is 0 Å². The van der Waals surface area contributed by atoms with Crippen LogP contribution in [0.2, 0.25) is 0 Å². The Balaban J connectivity index is 2.23. The van der Waals surface area contributed by atoms with Crippen LogP contribution in [0.25, 0.3) is 5.57 Å². The van der Waals surface area contributed by atoms with Crippen molar-refractivity contribution in [3.05, 3.63) is 76.4 Å². The van der Waals surface area contributed by atoms with Gasteiger partial charge in [0.2, 0.25) is 0 Å². The standard InChI is InChI=1S/C26H34/c1-8-26(7)16-21-11-9-10-12-23(21)24(17-25(26,5)6)20-13-14-22(18(2)3)19(4)15-20/h9-15,17-18H,8,16H2,1-7H3. The normalized spacial score (nSPS) is 21.9. The maximum atomic E-state index is 2.55. The molecule has 0 heteroatoms. The highest BCUT2D eigenvalue weighted by Gasteiger charge is 2.40. The maximum absolute atomic E-state index is 2.55. The molecular weight excluding hydrogens is 312 g/mol. The van der Waals surface area contributed by atoms with Gasteiger partial charge in [0.1, 0.15) is 0 Å². The average Bonchev–Trinajstić information content (AvgIpc) is 2.68. The van der Waals surface area contributed by atoms with Gasteiger partial charge in [-0.05, 0) is 69.9 Å². The lowest BCUT2D eigenvalue weighted by Crippen LogP contribution is -2.34. The molecule has 0 spiro atoms. The van der Waals surface area contributed by atoms with E-state index in [2.05, 4.69) is 97.0 Å². The zero-order valence-electron chi connectivity index (χ0n) is 17.6. The summed E-state index contributed by atoms with van der Waals surface area (Å²) in [5.74, 6) is 0.569. The minimum Gasteiger partial charge on any atom is -0.0698 e. The molecule has 1 atom stereocenters. The van der Waals surface area contributed by atoms with E-state index in [1.165, 1.54) is 39.8 Å². The fourth-order valence-electron chi connectivity index (χ4n) is 4.51. The summed E-state index contributed by atoms with van der Waals surface area (Å²) < 4.78 is 0. The van der Waals surface area contributed by atoms with E-state index in [1.54, 1.807) is 0 Å². The Hall–Kier alpha value is -1.82. The van der Waals surface area contributed by atoms with E-state index in [9.17, 15) is 0 Å². The lowest BCUT2D eigenvalue weighted by Gasteiger charge is -2.41. The predicted molar refractivity (Wildman–Crippen MR) is 115 cm³/mol. The molecule has 0 aromatic heterocycles. The zero-order chi connectivity index (χ0) is 19.1. The van der Waals surface area contributed by atoms with Gasteiger partial charge in [-0.3, -0.25) is 0 Å². The number of fused-ring (bicyclic) bond motifs is 1. The fraction of sp³-hybridized carbons (Fsp3) is 0.462. The molecule has 1 aliphatic rings. The number of hydrogen-bond donors (Lipinski definition) is 0. The first-order valence-corrected chi connectivity index (χ1v) is 10.1. The highest BCUT2D eigenvalue weighted by atomic mass is 14.4. The lowest BCUT2D eigenvalue weighted by atomic mass is 9.63. The van der Waals surface area contributed by atoms with Crippen molar-refractivity contribution in [2.24, 2.45) is 10.8 Å². The molecule has 0 radical (unpaired) electrons. The molecule has 3 rings (SSSR count). The third kappa shape index (κ3) is 3.15. The molecule has 1 aliphatic carbocycles. The largest absolute Gasteiger partial charge is 0.0698 e. The van der Waals surface area contributed by atoms with Gasteiger partial charge in [-0.1, -0.05) is 90.1 Å². The van der Waals surface area contributed by atoms with Crippen LogP contribution in [0.4, 0.5) is 0 Å². The van der Waals surface area contributed by atoms with Gasteiger partial charge in [-0.25, -0.2) is 0 Å². The van der Waals surface area contributed by atoms with Crippen LogP contribution in [0.1, 0.15) is 81.7 Å². The van der Waals surface area contributed by atoms with E-state index < -0.39 is 0 Å². The Labute approximate surface area is 160 Å². The number of hydrogen-bond acceptors (Lipinski definition) is 0. The number of rotatable bonds is 3. The van der Waals surface area contributed by atoms with Crippen molar-refractivity contribution in [1.29, 1.82) is 0 Å². The molecule has 2 aromatic carbocycles. The smallest absolute Gasteiger partial charge is 0.0109 e. The van der Waals surface area contributed by atoms with Crippen molar-refractivity contribution >= 4 is 5.57 Å². The number of aryl methyl sites for hydroxylation is 1. The fourth-order valence-corrected chi connectivity index (χ4v) is 4.51. The van der Waals surface area contributed by atoms with Gasteiger partial charge in [0.25, 0.3) is 0 Å². The van der Waals surface area contributed by atoms with Crippen LogP contribution in [0.15, 0.2) is 48.5 Å². The molecule has 0 aliphatic heterocycles. The Morgan fingerprint density at radius 1 is 1.00 bits per heavy atom. The molecule has 0 fully saturated rings. The van der Waals surface area contributed by atoms with Crippen LogP contribution in [0, 0.1) is 17.8 Å². The third-order valence-corrected chi connectivity index (χ3v) is 6.93. The molecule has 0 nitrogen and oxygen atoms in total. The summed E-state index contributed by atoms with van der Waals surface area (Å²) in [4.78, 5) is 0. The summed E-state index contributed by atoms with van der Waals surface area (Å²) in [6.07, 6.45) is 4.87. The van der Waals surface area contributed by atoms with E-state index in [0.717, 1.165) is 6.42 Å². The van der Waals surface area contributed by atoms with Gasteiger partial charge >= 0.3 is 0 Å². The molecule has 26 heavy (non-hydrogen) atoms. The van der Waals surface area contributed by atoms with Crippen molar-refractivity contribution in [1.82, 2.24) is 0 Å². The molecule has 0 bridgehead atoms. The Bertz CT molecular complexity index is 835. The van der Waals surface area contributed by atoms with Crippen molar-refractivity contribution in [3.8, 4) is 0 Å². The minimum absolute atomic E-state index is 0.140. The van der Waals surface area contributed by atoms with Crippen LogP contribution in [-0.4, -0.2) is 0 Å². The van der Waals surface area contributed by atoms with Crippen LogP contribution in [0.3, 0.4) is 0 Å². The van der Waals surface area contributed by atoms with Crippen LogP contribution in [0.5, 0.6) is 0 Å². The van der Waals surface area contributed by atoms with Crippen molar-refractivity contribution in [3.63, 3.8) is 0 Å². The van der Waals surface area contributed by atoms with Gasteiger partial charge in [-0.2, -0.15) is 0 Å². The third-order valence-electron chi connectivity index (χ3n) is 6.93. The SMILES string of the molecule is CCC1(C)Cc2ccccc2C(c2ccc(C(C)C)c(C)c2)=CC1(C)C. The lowest BCUT2D eigenvalue weighted by molar-refractivity contribution is 0.135. The van der Waals surface area contributed by atoms with Crippen LogP contribution in [-0.2, 0) is 6.42 Å². The van der Waals surface area contributed by atoms with Gasteiger partial charge in [-0.15, -0.1) is 0 Å². The van der Waals surface area contributed by atoms with Gasteiger partial charge < -0.3 is 0 Å². The topological polar surface area (TPSA) is 0 Å². The first-order chi connectivity index (χ1) is 12.2. The highest BCUT2D eigenvalue weighted by Crippen LogP contribution is 2.50. The molecule has 138 valence electrons. The van der Waals surface area contributed by atoms with Crippen molar-refractivity contribution in [2.45, 2.75) is 67.2 Å². The van der Waals surface area contributed by atoms with E-state index in [4.69, 9.17) is 0 Å². The van der Waals surface area contributed by atoms with Gasteiger partial charge in [0, 0.05) is 0 Å². The number of allylic oxidation sites excluding steroid dienone is 1. The molecule has 1 unspecified atom stereocenters. The molecule has 0 saturated carbocycles. The first-order valence-electron chi connectivity index (χ1n) is 10.1. The Morgan fingerprint density at radius 2 is 1.69 bits per heavy atom. The number of benzene rings is 2. The van der Waals surface area contributed by atoms with Crippen LogP contribution < -0.4 is 0 Å². The molecule has 0 saturated heterocycles. The summed E-state index contributed by atoms with van der Waals surface area (Å²) >= 11 is 0. The molecule has 0 heterocycles. The Kier molecular flexibility index (Phi) is 4.90. The van der Waals surface area contributed by atoms with Gasteiger partial charge in [0.05, 0.1) is 0 Å². The minimum atomic E-state index is 0.140. The summed E-state index contributed by atoms with van der Waals surface area (Å²) in [7, 11) is 0. The average molecular weight is 347 g/mol. The van der Waals surface area contributed by atoms with E-state index in [1.807, 2.05) is 0 Å². The maximum Gasteiger partial charge on any atom is -0.0109 e. The second-order valence-corrected chi connectivity index (χ2v) is 9.25. The van der Waals surface area contributed by atoms with E-state index in [-0.39, 0.29) is 10.8 Å². The Morgan fingerprint density at radius 3 is 2.31 bits per heavy atom. The zero-order valence-corrected chi connectivity index (χ0v) is 17.6. The quantitative estimate of drug-likeness (QED) is 0.538. The van der Waals surface area contributed by atoms with Gasteiger partial charge in [0.15, 0.2) is 0 Å². The van der Waals surface area contributed by atoms with E-state index in [0.29, 0.717) is 5.92 Å².